The van der Waals surface area contributed by atoms with Gasteiger partial charge in [-0.15, -0.1) is 0 Å². The zero-order chi connectivity index (χ0) is 9.94. The Morgan fingerprint density at radius 2 is 1.83 bits per heavy atom. The molecule has 0 bridgehead atoms. The van der Waals surface area contributed by atoms with Crippen LogP contribution in [-0.2, 0) is 0 Å². The molecule has 0 atom stereocenters. The molecule has 0 N–H and O–H groups in total. The van der Waals surface area contributed by atoms with Gasteiger partial charge in [0.2, 0.25) is 0 Å². The van der Waals surface area contributed by atoms with Crippen LogP contribution in [-0.4, -0.2) is 10.4 Å². The summed E-state index contributed by atoms with van der Waals surface area (Å²) in [6, 6.07) is 0. The lowest BCUT2D eigenvalue weighted by atomic mass is 11.0. The van der Waals surface area contributed by atoms with Crippen molar-refractivity contribution in [3.63, 3.8) is 0 Å². The molecule has 3 nitrogen and oxygen atoms in total. The molecule has 0 rings (SSSR count). The molecule has 0 aliphatic heterocycles. The van der Waals surface area contributed by atoms with E-state index in [4.69, 9.17) is 23.2 Å². The average molecular weight is 242 g/mol. The summed E-state index contributed by atoms with van der Waals surface area (Å²) in [4.78, 5) is 8.57. The molecule has 0 radical (unpaired) electrons. The van der Waals surface area contributed by atoms with Crippen LogP contribution in [0.1, 0.15) is 0 Å². The minimum Gasteiger partial charge on any atom is -0.257 e. The lowest BCUT2D eigenvalue weighted by Crippen LogP contribution is -2.01. The maximum absolute atomic E-state index is 11.5. The van der Waals surface area contributed by atoms with Gasteiger partial charge < -0.3 is 0 Å². The molecule has 0 aliphatic carbocycles. The molecule has 0 saturated carbocycles. The van der Waals surface area contributed by atoms with Crippen molar-refractivity contribution in [1.82, 2.24) is 0 Å². The van der Waals surface area contributed by atoms with E-state index < -0.39 is 31.7 Å². The van der Waals surface area contributed by atoms with E-state index in [1.54, 1.807) is 0 Å². The van der Waals surface area contributed by atoms with Crippen LogP contribution < -0.4 is 0 Å². The maximum atomic E-state index is 11.5. The standard InChI is InChI=1S/C3Cl2F3NO2S/c4-1(9(10)11)2(5)12-3(6,7)8/b2-1+. The first kappa shape index (κ1) is 11.9. The number of nitro groups is 1. The van der Waals surface area contributed by atoms with E-state index in [0.29, 0.717) is 0 Å². The molecule has 12 heavy (non-hydrogen) atoms. The van der Waals surface area contributed by atoms with Crippen LogP contribution in [0.3, 0.4) is 0 Å². The number of alkyl halides is 3. The highest BCUT2D eigenvalue weighted by Crippen LogP contribution is 2.40. The first-order chi connectivity index (χ1) is 5.24. The molecule has 0 heterocycles. The number of hydrogen-bond acceptors (Lipinski definition) is 3. The topological polar surface area (TPSA) is 43.1 Å². The van der Waals surface area contributed by atoms with Gasteiger partial charge in [0.25, 0.3) is 0 Å². The Morgan fingerprint density at radius 3 is 2.08 bits per heavy atom. The van der Waals surface area contributed by atoms with Gasteiger partial charge in [-0.1, -0.05) is 11.6 Å². The molecule has 70 valence electrons. The maximum Gasteiger partial charge on any atom is 0.447 e. The Labute approximate surface area is 78.7 Å². The molecule has 9 heteroatoms. The van der Waals surface area contributed by atoms with Gasteiger partial charge in [-0.3, -0.25) is 10.1 Å². The summed E-state index contributed by atoms with van der Waals surface area (Å²) in [7, 11) is 0. The Kier molecular flexibility index (Phi) is 4.15. The third-order valence-corrected chi connectivity index (χ3v) is 2.08. The summed E-state index contributed by atoms with van der Waals surface area (Å²) in [5, 5.41) is 8.54. The first-order valence-electron chi connectivity index (χ1n) is 2.19. The molecular formula is C3Cl2F3NO2S. The van der Waals surface area contributed by atoms with Gasteiger partial charge in [-0.2, -0.15) is 13.2 Å². The highest BCUT2D eigenvalue weighted by molar-refractivity contribution is 8.05. The van der Waals surface area contributed by atoms with Crippen molar-refractivity contribution < 1.29 is 18.1 Å². The molecule has 0 aromatic rings. The number of halogens is 5. The van der Waals surface area contributed by atoms with Gasteiger partial charge in [0.1, 0.15) is 0 Å². The van der Waals surface area contributed by atoms with Crippen LogP contribution in [0, 0.1) is 10.1 Å². The Bertz CT molecular complexity index is 228. The zero-order valence-corrected chi connectivity index (χ0v) is 7.39. The van der Waals surface area contributed by atoms with Crippen molar-refractivity contribution in [3.8, 4) is 0 Å². The molecular weight excluding hydrogens is 242 g/mol. The molecule has 0 saturated heterocycles. The molecule has 0 fully saturated rings. The molecule has 0 amide bonds. The molecule has 0 spiro atoms. The van der Waals surface area contributed by atoms with Gasteiger partial charge in [0, 0.05) is 11.8 Å². The van der Waals surface area contributed by atoms with Crippen LogP contribution in [0.15, 0.2) is 9.52 Å². The Morgan fingerprint density at radius 1 is 1.42 bits per heavy atom. The van der Waals surface area contributed by atoms with Crippen molar-refractivity contribution in [2.45, 2.75) is 5.51 Å². The summed E-state index contributed by atoms with van der Waals surface area (Å²) < 4.78 is 33.4. The van der Waals surface area contributed by atoms with Gasteiger partial charge in [0.05, 0.1) is 4.92 Å². The predicted molar refractivity (Wildman–Crippen MR) is 39.4 cm³/mol. The number of rotatable bonds is 2. The van der Waals surface area contributed by atoms with E-state index in [1.807, 2.05) is 0 Å². The molecule has 0 aromatic carbocycles. The van der Waals surface area contributed by atoms with E-state index >= 15 is 0 Å². The van der Waals surface area contributed by atoms with Crippen LogP contribution in [0.25, 0.3) is 0 Å². The van der Waals surface area contributed by atoms with E-state index in [9.17, 15) is 23.3 Å². The first-order valence-corrected chi connectivity index (χ1v) is 3.76. The Balaban J connectivity index is 4.49. The highest BCUT2D eigenvalue weighted by Gasteiger charge is 2.33. The minimum absolute atomic E-state index is 0.835. The van der Waals surface area contributed by atoms with Gasteiger partial charge in [-0.25, -0.2) is 0 Å². The number of nitrogens with zero attached hydrogens (tertiary/aromatic N) is 1. The van der Waals surface area contributed by atoms with Gasteiger partial charge in [-0.05, 0) is 11.6 Å². The average Bonchev–Trinajstić information content (AvgIpc) is 1.82. The lowest BCUT2D eigenvalue weighted by molar-refractivity contribution is -0.412. The highest BCUT2D eigenvalue weighted by atomic mass is 35.5. The predicted octanol–water partition coefficient (Wildman–Crippen LogP) is 3.12. The van der Waals surface area contributed by atoms with Crippen molar-refractivity contribution in [2.75, 3.05) is 0 Å². The van der Waals surface area contributed by atoms with Crippen LogP contribution in [0.4, 0.5) is 13.2 Å². The Hall–Kier alpha value is -0.140. The number of thioether (sulfide) groups is 1. The fourth-order valence-corrected chi connectivity index (χ4v) is 1.02. The molecule has 0 unspecified atom stereocenters. The zero-order valence-electron chi connectivity index (χ0n) is 5.06. The molecule has 0 aliphatic rings. The SMILES string of the molecule is O=[N+]([O-])/C(Cl)=C(\Cl)SC(F)(F)F. The molecule has 0 aromatic heterocycles. The summed E-state index contributed by atoms with van der Waals surface area (Å²) >= 11 is 8.82. The van der Waals surface area contributed by atoms with E-state index in [-0.39, 0.29) is 0 Å². The second-order valence-electron chi connectivity index (χ2n) is 1.37. The van der Waals surface area contributed by atoms with Crippen molar-refractivity contribution in [1.29, 1.82) is 0 Å². The van der Waals surface area contributed by atoms with Crippen LogP contribution in [0.2, 0.25) is 0 Å². The monoisotopic (exact) mass is 241 g/mol. The summed E-state index contributed by atoms with van der Waals surface area (Å²) in [6.45, 7) is 0. The van der Waals surface area contributed by atoms with E-state index in [2.05, 4.69) is 0 Å². The second kappa shape index (κ2) is 4.20. The quantitative estimate of drug-likeness (QED) is 0.424. The van der Waals surface area contributed by atoms with Crippen molar-refractivity contribution >= 4 is 35.0 Å². The van der Waals surface area contributed by atoms with Crippen LogP contribution in [0.5, 0.6) is 0 Å². The largest absolute Gasteiger partial charge is 0.447 e. The summed E-state index contributed by atoms with van der Waals surface area (Å²) in [6.07, 6.45) is 0. The van der Waals surface area contributed by atoms with E-state index in [0.717, 1.165) is 0 Å². The van der Waals surface area contributed by atoms with E-state index in [1.165, 1.54) is 0 Å². The van der Waals surface area contributed by atoms with Gasteiger partial charge in [0.15, 0.2) is 4.36 Å². The van der Waals surface area contributed by atoms with Crippen molar-refractivity contribution in [2.24, 2.45) is 0 Å². The fourth-order valence-electron chi connectivity index (χ4n) is 0.215. The summed E-state index contributed by atoms with van der Waals surface area (Å²) in [5.41, 5.74) is -4.67. The normalized spacial score (nSPS) is 14.1. The summed E-state index contributed by atoms with van der Waals surface area (Å²) in [5.74, 6) is 0. The van der Waals surface area contributed by atoms with Crippen LogP contribution >= 0.6 is 35.0 Å². The van der Waals surface area contributed by atoms with Crippen molar-refractivity contribution in [3.05, 3.63) is 19.6 Å². The minimum atomic E-state index is -4.67. The second-order valence-corrected chi connectivity index (χ2v) is 3.40. The third-order valence-electron chi connectivity index (χ3n) is 0.528. The third kappa shape index (κ3) is 4.68. The number of hydrogen-bond donors (Lipinski definition) is 0. The van der Waals surface area contributed by atoms with Gasteiger partial charge >= 0.3 is 10.7 Å². The lowest BCUT2D eigenvalue weighted by Gasteiger charge is -2.01. The smallest absolute Gasteiger partial charge is 0.257 e. The fraction of sp³-hybridized carbons (Fsp3) is 0.333.